The average Bonchev–Trinajstić information content (AvgIpc) is 2.66. The van der Waals surface area contributed by atoms with Gasteiger partial charge in [-0.25, -0.2) is 13.5 Å². The molecule has 0 aliphatic rings. The smallest absolute Gasteiger partial charge is 0.151 e. The van der Waals surface area contributed by atoms with E-state index in [1.165, 1.54) is 12.3 Å². The van der Waals surface area contributed by atoms with E-state index in [1.807, 2.05) is 0 Å². The highest BCUT2D eigenvalue weighted by atomic mass is 19.1. The van der Waals surface area contributed by atoms with Gasteiger partial charge in [0.2, 0.25) is 0 Å². The molecule has 0 bridgehead atoms. The Bertz CT molecular complexity index is 484. The van der Waals surface area contributed by atoms with Crippen molar-refractivity contribution in [3.8, 4) is 5.69 Å². The Hall–Kier alpha value is -1.82. The van der Waals surface area contributed by atoms with Crippen LogP contribution in [0.5, 0.6) is 0 Å². The molecule has 1 aromatic heterocycles. The van der Waals surface area contributed by atoms with Gasteiger partial charge in [0.25, 0.3) is 0 Å². The lowest BCUT2D eigenvalue weighted by atomic mass is 10.3. The van der Waals surface area contributed by atoms with Crippen LogP contribution in [0, 0.1) is 11.6 Å². The van der Waals surface area contributed by atoms with E-state index in [-0.39, 0.29) is 12.3 Å². The van der Waals surface area contributed by atoms with Crippen LogP contribution in [-0.2, 0) is 6.61 Å². The summed E-state index contributed by atoms with van der Waals surface area (Å²) < 4.78 is 27.0. The van der Waals surface area contributed by atoms with Crippen LogP contribution in [0.25, 0.3) is 5.69 Å². The van der Waals surface area contributed by atoms with E-state index in [1.54, 1.807) is 0 Å². The van der Waals surface area contributed by atoms with Crippen LogP contribution in [-0.4, -0.2) is 20.1 Å². The van der Waals surface area contributed by atoms with Crippen molar-refractivity contribution >= 4 is 0 Å². The predicted molar refractivity (Wildman–Crippen MR) is 47.2 cm³/mol. The summed E-state index contributed by atoms with van der Waals surface area (Å²) in [5.41, 5.74) is 0.405. The van der Waals surface area contributed by atoms with Gasteiger partial charge < -0.3 is 5.11 Å². The van der Waals surface area contributed by atoms with Crippen molar-refractivity contribution in [1.29, 1.82) is 0 Å². The Morgan fingerprint density at radius 1 is 1.33 bits per heavy atom. The minimum Gasteiger partial charge on any atom is -0.390 e. The molecule has 0 saturated heterocycles. The molecule has 1 N–H and O–H groups in total. The molecule has 0 atom stereocenters. The summed E-state index contributed by atoms with van der Waals surface area (Å²) in [6.07, 6.45) is 1.37. The minimum atomic E-state index is -0.732. The molecule has 0 radical (unpaired) electrons. The van der Waals surface area contributed by atoms with Crippen LogP contribution in [0.2, 0.25) is 0 Å². The monoisotopic (exact) mass is 211 g/mol. The van der Waals surface area contributed by atoms with Gasteiger partial charge >= 0.3 is 0 Å². The standard InChI is InChI=1S/C9H7F2N3O/c10-6-1-2-9(8(11)3-6)14-4-7(5-15)12-13-14/h1-4,15H,5H2. The zero-order chi connectivity index (χ0) is 10.8. The number of rotatable bonds is 2. The number of hydrogen-bond acceptors (Lipinski definition) is 3. The van der Waals surface area contributed by atoms with Crippen molar-refractivity contribution < 1.29 is 13.9 Å². The SMILES string of the molecule is OCc1cn(-c2ccc(F)cc2F)nn1. The Morgan fingerprint density at radius 2 is 2.13 bits per heavy atom. The summed E-state index contributed by atoms with van der Waals surface area (Å²) in [7, 11) is 0. The van der Waals surface area contributed by atoms with Crippen LogP contribution < -0.4 is 0 Å². The van der Waals surface area contributed by atoms with E-state index >= 15 is 0 Å². The second-order valence-electron chi connectivity index (χ2n) is 2.91. The summed E-state index contributed by atoms with van der Waals surface area (Å²) in [6.45, 7) is -0.275. The molecule has 0 aliphatic carbocycles. The molecule has 0 aliphatic heterocycles. The predicted octanol–water partition coefficient (Wildman–Crippen LogP) is 1.04. The third-order valence-corrected chi connectivity index (χ3v) is 1.86. The number of benzene rings is 1. The maximum absolute atomic E-state index is 13.3. The molecule has 0 amide bonds. The molecular weight excluding hydrogens is 204 g/mol. The van der Waals surface area contributed by atoms with Crippen molar-refractivity contribution in [2.45, 2.75) is 6.61 Å². The molecule has 6 heteroatoms. The summed E-state index contributed by atoms with van der Waals surface area (Å²) in [5.74, 6) is -1.39. The third kappa shape index (κ3) is 1.84. The van der Waals surface area contributed by atoms with Gasteiger partial charge in [-0.15, -0.1) is 5.10 Å². The Balaban J connectivity index is 2.44. The summed E-state index contributed by atoms with van der Waals surface area (Å²) in [6, 6.07) is 3.13. The van der Waals surface area contributed by atoms with E-state index in [4.69, 9.17) is 5.11 Å². The Labute approximate surface area is 83.8 Å². The van der Waals surface area contributed by atoms with Gasteiger partial charge in [-0.1, -0.05) is 5.21 Å². The fourth-order valence-electron chi connectivity index (χ4n) is 1.16. The summed E-state index contributed by atoms with van der Waals surface area (Å²) >= 11 is 0. The average molecular weight is 211 g/mol. The van der Waals surface area contributed by atoms with Gasteiger partial charge in [-0.05, 0) is 12.1 Å². The fourth-order valence-corrected chi connectivity index (χ4v) is 1.16. The van der Waals surface area contributed by atoms with Gasteiger partial charge in [0.05, 0.1) is 12.8 Å². The maximum atomic E-state index is 13.3. The number of aliphatic hydroxyl groups excluding tert-OH is 1. The third-order valence-electron chi connectivity index (χ3n) is 1.86. The molecule has 15 heavy (non-hydrogen) atoms. The lowest BCUT2D eigenvalue weighted by Crippen LogP contribution is -1.98. The molecular formula is C9H7F2N3O. The van der Waals surface area contributed by atoms with E-state index in [9.17, 15) is 8.78 Å². The van der Waals surface area contributed by atoms with E-state index in [0.717, 1.165) is 16.8 Å². The van der Waals surface area contributed by atoms with E-state index in [2.05, 4.69) is 10.3 Å². The summed E-state index contributed by atoms with van der Waals surface area (Å²) in [5, 5.41) is 15.9. The summed E-state index contributed by atoms with van der Waals surface area (Å²) in [4.78, 5) is 0. The zero-order valence-electron chi connectivity index (χ0n) is 7.56. The number of nitrogens with zero attached hydrogens (tertiary/aromatic N) is 3. The second-order valence-corrected chi connectivity index (χ2v) is 2.91. The van der Waals surface area contributed by atoms with Gasteiger partial charge in [0.1, 0.15) is 17.2 Å². The molecule has 0 fully saturated rings. The number of hydrogen-bond donors (Lipinski definition) is 1. The molecule has 2 aromatic rings. The van der Waals surface area contributed by atoms with Crippen molar-refractivity contribution in [2.24, 2.45) is 0 Å². The molecule has 2 rings (SSSR count). The van der Waals surface area contributed by atoms with Crippen LogP contribution in [0.15, 0.2) is 24.4 Å². The van der Waals surface area contributed by atoms with Crippen LogP contribution in [0.4, 0.5) is 8.78 Å². The first kappa shape index (κ1) is 9.72. The van der Waals surface area contributed by atoms with Gasteiger partial charge in [0, 0.05) is 6.07 Å². The molecule has 0 saturated carbocycles. The lowest BCUT2D eigenvalue weighted by molar-refractivity contribution is 0.276. The first-order valence-corrected chi connectivity index (χ1v) is 4.18. The quantitative estimate of drug-likeness (QED) is 0.807. The highest BCUT2D eigenvalue weighted by molar-refractivity contribution is 5.32. The number of halogens is 2. The Kier molecular flexibility index (Phi) is 2.42. The highest BCUT2D eigenvalue weighted by Crippen LogP contribution is 2.13. The minimum absolute atomic E-state index is 0.0867. The van der Waals surface area contributed by atoms with Crippen molar-refractivity contribution in [3.63, 3.8) is 0 Å². The highest BCUT2D eigenvalue weighted by Gasteiger charge is 2.07. The lowest BCUT2D eigenvalue weighted by Gasteiger charge is -2.00. The van der Waals surface area contributed by atoms with Crippen LogP contribution in [0.3, 0.4) is 0 Å². The largest absolute Gasteiger partial charge is 0.390 e. The zero-order valence-corrected chi connectivity index (χ0v) is 7.56. The number of aromatic nitrogens is 3. The first-order chi connectivity index (χ1) is 7.20. The van der Waals surface area contributed by atoms with Crippen LogP contribution in [0.1, 0.15) is 5.69 Å². The van der Waals surface area contributed by atoms with Gasteiger partial charge in [-0.2, -0.15) is 0 Å². The molecule has 1 aromatic carbocycles. The normalized spacial score (nSPS) is 10.6. The fraction of sp³-hybridized carbons (Fsp3) is 0.111. The topological polar surface area (TPSA) is 50.9 Å². The van der Waals surface area contributed by atoms with Gasteiger partial charge in [-0.3, -0.25) is 0 Å². The molecule has 4 nitrogen and oxygen atoms in total. The van der Waals surface area contributed by atoms with Crippen molar-refractivity contribution in [1.82, 2.24) is 15.0 Å². The van der Waals surface area contributed by atoms with Crippen molar-refractivity contribution in [2.75, 3.05) is 0 Å². The second kappa shape index (κ2) is 3.74. The van der Waals surface area contributed by atoms with Crippen LogP contribution >= 0.6 is 0 Å². The number of aliphatic hydroxyl groups is 1. The maximum Gasteiger partial charge on any atom is 0.151 e. The molecule has 78 valence electrons. The van der Waals surface area contributed by atoms with E-state index < -0.39 is 11.6 Å². The molecule has 0 spiro atoms. The van der Waals surface area contributed by atoms with E-state index in [0.29, 0.717) is 5.69 Å². The molecule has 0 unspecified atom stereocenters. The Morgan fingerprint density at radius 3 is 2.73 bits per heavy atom. The molecule has 1 heterocycles. The first-order valence-electron chi connectivity index (χ1n) is 4.18. The van der Waals surface area contributed by atoms with Gasteiger partial charge in [0.15, 0.2) is 5.82 Å². The van der Waals surface area contributed by atoms with Crippen molar-refractivity contribution in [3.05, 3.63) is 41.7 Å².